The van der Waals surface area contributed by atoms with Crippen molar-refractivity contribution in [3.63, 3.8) is 0 Å². The summed E-state index contributed by atoms with van der Waals surface area (Å²) in [5.74, 6) is 0.998. The highest BCUT2D eigenvalue weighted by Crippen LogP contribution is 2.10. The van der Waals surface area contributed by atoms with E-state index in [1.54, 1.807) is 6.20 Å². The quantitative estimate of drug-likeness (QED) is 0.385. The Hall–Kier alpha value is -0.990. The van der Waals surface area contributed by atoms with E-state index in [-0.39, 0.29) is 0 Å². The first-order chi connectivity index (χ1) is 8.75. The Kier molecular flexibility index (Phi) is 7.54. The number of hydrogen-bond acceptors (Lipinski definition) is 1. The summed E-state index contributed by atoms with van der Waals surface area (Å²) in [6, 6.07) is 0. The molecule has 1 aromatic heterocycles. The van der Waals surface area contributed by atoms with Gasteiger partial charge in [0.1, 0.15) is 6.20 Å². The molecule has 0 aliphatic carbocycles. The van der Waals surface area contributed by atoms with Crippen molar-refractivity contribution in [2.45, 2.75) is 71.1 Å². The zero-order valence-electron chi connectivity index (χ0n) is 12.1. The lowest BCUT2D eigenvalue weighted by atomic mass is 10.1. The van der Waals surface area contributed by atoms with E-state index in [4.69, 9.17) is 0 Å². The number of rotatable bonds is 10. The summed E-state index contributed by atoms with van der Waals surface area (Å²) in [5.41, 5.74) is 0. The Labute approximate surface area is 111 Å². The first-order valence-electron chi connectivity index (χ1n) is 7.50. The molecule has 1 N–H and O–H groups in total. The van der Waals surface area contributed by atoms with Crippen LogP contribution >= 0.6 is 0 Å². The molecular weight excluding hydrogens is 224 g/mol. The fraction of sp³-hybridized carbons (Fsp3) is 0.800. The fourth-order valence-electron chi connectivity index (χ4n) is 2.38. The number of aromatic nitrogens is 2. The van der Waals surface area contributed by atoms with Crippen LogP contribution < -0.4 is 4.57 Å². The summed E-state index contributed by atoms with van der Waals surface area (Å²) in [5, 5.41) is 9.55. The third-order valence-corrected chi connectivity index (χ3v) is 3.61. The summed E-state index contributed by atoms with van der Waals surface area (Å²) in [7, 11) is 1.98. The molecular formula is C15H29N2O+. The summed E-state index contributed by atoms with van der Waals surface area (Å²) >= 11 is 0. The van der Waals surface area contributed by atoms with Crippen molar-refractivity contribution in [1.82, 2.24) is 4.73 Å². The predicted octanol–water partition coefficient (Wildman–Crippen LogP) is 3.62. The van der Waals surface area contributed by atoms with Gasteiger partial charge >= 0.3 is 0 Å². The molecule has 0 atom stereocenters. The number of aryl methyl sites for hydroxylation is 1. The zero-order valence-corrected chi connectivity index (χ0v) is 12.1. The second-order valence-corrected chi connectivity index (χ2v) is 5.25. The molecule has 0 amide bonds. The van der Waals surface area contributed by atoms with Crippen LogP contribution in [0.25, 0.3) is 0 Å². The highest BCUT2D eigenvalue weighted by Gasteiger charge is 2.12. The number of nitrogens with zero attached hydrogens (tertiary/aromatic N) is 2. The second-order valence-electron chi connectivity index (χ2n) is 5.25. The minimum atomic E-state index is 0.968. The van der Waals surface area contributed by atoms with Crippen LogP contribution in [-0.2, 0) is 13.5 Å². The molecule has 104 valence electrons. The van der Waals surface area contributed by atoms with Crippen molar-refractivity contribution in [2.75, 3.05) is 0 Å². The lowest BCUT2D eigenvalue weighted by Crippen LogP contribution is -2.31. The number of unbranched alkanes of at least 4 members (excludes halogenated alkanes) is 8. The van der Waals surface area contributed by atoms with E-state index in [2.05, 4.69) is 6.92 Å². The third-order valence-electron chi connectivity index (χ3n) is 3.61. The van der Waals surface area contributed by atoms with E-state index < -0.39 is 0 Å². The smallest absolute Gasteiger partial charge is 0.296 e. The van der Waals surface area contributed by atoms with Crippen molar-refractivity contribution in [3.05, 3.63) is 18.2 Å². The Morgan fingerprint density at radius 1 is 1.00 bits per heavy atom. The van der Waals surface area contributed by atoms with Crippen LogP contribution in [0.4, 0.5) is 0 Å². The molecule has 0 spiro atoms. The van der Waals surface area contributed by atoms with E-state index in [0.29, 0.717) is 0 Å². The van der Waals surface area contributed by atoms with Crippen LogP contribution in [0.5, 0.6) is 0 Å². The SMILES string of the molecule is CCCCCCCCCCCc1n(O)cc[n+]1C. The zero-order chi connectivity index (χ0) is 13.2. The van der Waals surface area contributed by atoms with Gasteiger partial charge in [0, 0.05) is 0 Å². The molecule has 1 heterocycles. The van der Waals surface area contributed by atoms with Crippen molar-refractivity contribution in [1.29, 1.82) is 0 Å². The molecule has 0 radical (unpaired) electrons. The lowest BCUT2D eigenvalue weighted by molar-refractivity contribution is -0.680. The van der Waals surface area contributed by atoms with Gasteiger partial charge in [-0.3, -0.25) is 0 Å². The molecule has 0 unspecified atom stereocenters. The second kappa shape index (κ2) is 9.01. The largest absolute Gasteiger partial charge is 0.350 e. The minimum absolute atomic E-state index is 0.968. The standard InChI is InChI=1S/C15H29N2O/c1-3-4-5-6-7-8-9-10-11-12-15-16(2)13-14-17(15)18/h13-14,18H,3-12H2,1-2H3/q+1. The van der Waals surface area contributed by atoms with E-state index in [0.717, 1.165) is 12.2 Å². The molecule has 3 heteroatoms. The Balaban J connectivity index is 1.96. The van der Waals surface area contributed by atoms with Crippen LogP contribution in [-0.4, -0.2) is 9.94 Å². The molecule has 0 aliphatic rings. The topological polar surface area (TPSA) is 29.0 Å². The highest BCUT2D eigenvalue weighted by molar-refractivity contribution is 4.79. The summed E-state index contributed by atoms with van der Waals surface area (Å²) in [6.45, 7) is 2.26. The number of imidazole rings is 1. The van der Waals surface area contributed by atoms with Crippen LogP contribution in [0.15, 0.2) is 12.4 Å². The molecule has 0 saturated heterocycles. The maximum absolute atomic E-state index is 9.55. The minimum Gasteiger partial charge on any atom is -0.350 e. The molecule has 3 nitrogen and oxygen atoms in total. The maximum Gasteiger partial charge on any atom is 0.296 e. The van der Waals surface area contributed by atoms with Crippen molar-refractivity contribution >= 4 is 0 Å². The summed E-state index contributed by atoms with van der Waals surface area (Å²) in [6.07, 6.45) is 16.6. The molecule has 0 aromatic carbocycles. The maximum atomic E-state index is 9.55. The highest BCUT2D eigenvalue weighted by atomic mass is 16.5. The van der Waals surface area contributed by atoms with E-state index >= 15 is 0 Å². The average molecular weight is 253 g/mol. The van der Waals surface area contributed by atoms with Crippen LogP contribution in [0.1, 0.15) is 70.5 Å². The summed E-state index contributed by atoms with van der Waals surface area (Å²) < 4.78 is 3.23. The molecule has 1 rings (SSSR count). The van der Waals surface area contributed by atoms with E-state index in [9.17, 15) is 5.21 Å². The average Bonchev–Trinajstić information content (AvgIpc) is 2.68. The normalized spacial score (nSPS) is 11.0. The Bertz CT molecular complexity index is 301. The molecule has 18 heavy (non-hydrogen) atoms. The van der Waals surface area contributed by atoms with Gasteiger partial charge in [0.15, 0.2) is 6.20 Å². The van der Waals surface area contributed by atoms with Gasteiger partial charge in [-0.15, -0.1) is 0 Å². The first-order valence-corrected chi connectivity index (χ1v) is 7.50. The molecule has 0 fully saturated rings. The molecule has 0 saturated carbocycles. The van der Waals surface area contributed by atoms with Gasteiger partial charge < -0.3 is 5.21 Å². The van der Waals surface area contributed by atoms with Gasteiger partial charge in [0.25, 0.3) is 5.82 Å². The Morgan fingerprint density at radius 3 is 2.06 bits per heavy atom. The van der Waals surface area contributed by atoms with Gasteiger partial charge in [0.05, 0.1) is 13.5 Å². The Morgan fingerprint density at radius 2 is 1.56 bits per heavy atom. The van der Waals surface area contributed by atoms with Crippen LogP contribution in [0, 0.1) is 0 Å². The van der Waals surface area contributed by atoms with Gasteiger partial charge in [-0.1, -0.05) is 63.0 Å². The first kappa shape index (κ1) is 15.1. The molecule has 0 aliphatic heterocycles. The van der Waals surface area contributed by atoms with Gasteiger partial charge in [-0.05, 0) is 6.42 Å². The number of hydrogen-bond donors (Lipinski definition) is 1. The van der Waals surface area contributed by atoms with E-state index in [1.807, 2.05) is 17.8 Å². The predicted molar refractivity (Wildman–Crippen MR) is 73.7 cm³/mol. The van der Waals surface area contributed by atoms with Crippen molar-refractivity contribution < 1.29 is 9.77 Å². The van der Waals surface area contributed by atoms with Crippen molar-refractivity contribution in [3.8, 4) is 0 Å². The third kappa shape index (κ3) is 5.56. The van der Waals surface area contributed by atoms with Crippen molar-refractivity contribution in [2.24, 2.45) is 7.05 Å². The molecule has 1 aromatic rings. The monoisotopic (exact) mass is 253 g/mol. The lowest BCUT2D eigenvalue weighted by Gasteiger charge is -2.01. The van der Waals surface area contributed by atoms with Gasteiger partial charge in [-0.2, -0.15) is 0 Å². The van der Waals surface area contributed by atoms with E-state index in [1.165, 1.54) is 62.5 Å². The van der Waals surface area contributed by atoms with Crippen LogP contribution in [0.3, 0.4) is 0 Å². The van der Waals surface area contributed by atoms with Gasteiger partial charge in [0.2, 0.25) is 0 Å². The van der Waals surface area contributed by atoms with Crippen LogP contribution in [0.2, 0.25) is 0 Å². The summed E-state index contributed by atoms with van der Waals surface area (Å²) in [4.78, 5) is 0. The fourth-order valence-corrected chi connectivity index (χ4v) is 2.38. The van der Waals surface area contributed by atoms with Gasteiger partial charge in [-0.25, -0.2) is 4.57 Å². The molecule has 0 bridgehead atoms.